The van der Waals surface area contributed by atoms with Crippen molar-refractivity contribution in [3.8, 4) is 23.0 Å². The van der Waals surface area contributed by atoms with Crippen LogP contribution in [-0.4, -0.2) is 70.9 Å². The molecule has 3 aromatic rings. The molecule has 12 nitrogen and oxygen atoms in total. The fraction of sp³-hybridized carbons (Fsp3) is 0.379. The lowest BCUT2D eigenvalue weighted by Crippen LogP contribution is -2.25. The van der Waals surface area contributed by atoms with Crippen LogP contribution in [-0.2, 0) is 27.5 Å². The fourth-order valence-corrected chi connectivity index (χ4v) is 4.68. The van der Waals surface area contributed by atoms with E-state index in [1.807, 2.05) is 0 Å². The Labute approximate surface area is 244 Å². The number of rotatable bonds is 14. The van der Waals surface area contributed by atoms with Gasteiger partial charge >= 0.3 is 11.9 Å². The van der Waals surface area contributed by atoms with Crippen molar-refractivity contribution in [2.45, 2.75) is 45.2 Å². The average molecular weight is 605 g/mol. The van der Waals surface area contributed by atoms with E-state index < -0.39 is 35.4 Å². The fourth-order valence-electron chi connectivity index (χ4n) is 4.68. The van der Waals surface area contributed by atoms with Crippen molar-refractivity contribution >= 4 is 34.5 Å². The van der Waals surface area contributed by atoms with E-state index in [2.05, 4.69) is 0 Å². The minimum absolute atomic E-state index is 0.0302. The van der Waals surface area contributed by atoms with E-state index in [4.69, 9.17) is 29.2 Å². The molecule has 1 aromatic heterocycles. The summed E-state index contributed by atoms with van der Waals surface area (Å²) in [6, 6.07) is 3.06. The molecule has 4 rings (SSSR count). The summed E-state index contributed by atoms with van der Waals surface area (Å²) in [5.41, 5.74) is 0.785. The number of ether oxygens (including phenoxy) is 4. The number of aliphatic carboxylic acids is 2. The number of nitrogens with zero attached hydrogens (tertiary/aromatic N) is 2. The number of carbonyl (C=O) groups excluding carboxylic acids is 2. The van der Waals surface area contributed by atoms with Gasteiger partial charge < -0.3 is 34.1 Å². The van der Waals surface area contributed by atoms with Gasteiger partial charge in [0.15, 0.2) is 34.6 Å². The number of fused-ring (bicyclic) bond motifs is 2. The summed E-state index contributed by atoms with van der Waals surface area (Å²) in [5, 5.41) is 18.1. The van der Waals surface area contributed by atoms with Gasteiger partial charge in [-0.15, -0.1) is 0 Å². The lowest BCUT2D eigenvalue weighted by molar-refractivity contribution is -0.141. The number of carboxylic acid groups (broad SMARTS) is 2. The van der Waals surface area contributed by atoms with Gasteiger partial charge in [-0.25, -0.2) is 8.78 Å². The molecule has 2 N–H and O–H groups in total. The normalized spacial score (nSPS) is 12.2. The quantitative estimate of drug-likeness (QED) is 0.258. The molecule has 14 heteroatoms. The third kappa shape index (κ3) is 6.96. The monoisotopic (exact) mass is 604 g/mol. The topological polar surface area (TPSA) is 154 Å². The molecule has 0 saturated carbocycles. The van der Waals surface area contributed by atoms with Gasteiger partial charge in [0.2, 0.25) is 11.8 Å². The summed E-state index contributed by atoms with van der Waals surface area (Å²) in [4.78, 5) is 47.5. The third-order valence-electron chi connectivity index (χ3n) is 6.86. The Balaban J connectivity index is 1.39. The maximum Gasteiger partial charge on any atom is 0.303 e. The SMILES string of the molecule is COc1cc2c(c(F)c1OCCCOc1c(OC)cc3cn(C(=O)CCC(=O)O)cc3c1F)CN(C(=O)CCC(=O)O)C2. The molecule has 1 amide bonds. The average Bonchev–Trinajstić information content (AvgIpc) is 3.61. The van der Waals surface area contributed by atoms with Crippen molar-refractivity contribution in [3.05, 3.63) is 47.3 Å². The van der Waals surface area contributed by atoms with Crippen LogP contribution in [0.25, 0.3) is 10.8 Å². The Morgan fingerprint density at radius 1 is 0.791 bits per heavy atom. The second-order valence-electron chi connectivity index (χ2n) is 9.73. The molecule has 2 heterocycles. The zero-order valence-corrected chi connectivity index (χ0v) is 23.5. The molecule has 43 heavy (non-hydrogen) atoms. The van der Waals surface area contributed by atoms with Crippen LogP contribution in [0.3, 0.4) is 0 Å². The Morgan fingerprint density at radius 2 is 1.37 bits per heavy atom. The van der Waals surface area contributed by atoms with Gasteiger partial charge in [0.1, 0.15) is 0 Å². The van der Waals surface area contributed by atoms with Crippen molar-refractivity contribution in [2.75, 3.05) is 27.4 Å². The van der Waals surface area contributed by atoms with E-state index >= 15 is 8.78 Å². The highest BCUT2D eigenvalue weighted by atomic mass is 19.1. The van der Waals surface area contributed by atoms with Crippen LogP contribution in [0.1, 0.15) is 48.0 Å². The first-order valence-corrected chi connectivity index (χ1v) is 13.3. The predicted molar refractivity (Wildman–Crippen MR) is 146 cm³/mol. The number of halogens is 2. The van der Waals surface area contributed by atoms with Crippen molar-refractivity contribution in [2.24, 2.45) is 0 Å². The molecule has 0 atom stereocenters. The predicted octanol–water partition coefficient (Wildman–Crippen LogP) is 4.00. The molecule has 0 radical (unpaired) electrons. The Bertz CT molecular complexity index is 1570. The molecule has 0 spiro atoms. The van der Waals surface area contributed by atoms with E-state index in [0.29, 0.717) is 10.9 Å². The zero-order valence-electron chi connectivity index (χ0n) is 23.5. The van der Waals surface area contributed by atoms with Gasteiger partial charge in [-0.2, -0.15) is 0 Å². The van der Waals surface area contributed by atoms with Gasteiger partial charge in [-0.05, 0) is 17.7 Å². The number of hydrogen-bond acceptors (Lipinski definition) is 8. The first kappa shape index (κ1) is 31.1. The van der Waals surface area contributed by atoms with E-state index in [9.17, 15) is 19.2 Å². The lowest BCUT2D eigenvalue weighted by atomic mass is 10.1. The van der Waals surface area contributed by atoms with Gasteiger partial charge in [0, 0.05) is 61.1 Å². The Hall–Kier alpha value is -4.88. The summed E-state index contributed by atoms with van der Waals surface area (Å²) in [5.74, 6) is -4.74. The molecule has 1 aliphatic rings. The summed E-state index contributed by atoms with van der Waals surface area (Å²) in [7, 11) is 2.68. The van der Waals surface area contributed by atoms with Crippen LogP contribution in [0.4, 0.5) is 8.78 Å². The van der Waals surface area contributed by atoms with Crippen LogP contribution in [0, 0.1) is 11.6 Å². The molecule has 0 fully saturated rings. The molecule has 2 aromatic carbocycles. The van der Waals surface area contributed by atoms with E-state index in [1.54, 1.807) is 6.07 Å². The third-order valence-corrected chi connectivity index (χ3v) is 6.86. The maximum absolute atomic E-state index is 15.4. The molecule has 230 valence electrons. The van der Waals surface area contributed by atoms with Crippen molar-refractivity contribution < 1.29 is 57.1 Å². The summed E-state index contributed by atoms with van der Waals surface area (Å²) >= 11 is 0. The number of hydrogen-bond donors (Lipinski definition) is 2. The Morgan fingerprint density at radius 3 is 1.98 bits per heavy atom. The van der Waals surface area contributed by atoms with Crippen molar-refractivity contribution in [3.63, 3.8) is 0 Å². The zero-order chi connectivity index (χ0) is 31.3. The second-order valence-corrected chi connectivity index (χ2v) is 9.73. The molecule has 0 aliphatic carbocycles. The summed E-state index contributed by atoms with van der Waals surface area (Å²) < 4.78 is 53.7. The van der Waals surface area contributed by atoms with E-state index in [-0.39, 0.29) is 92.4 Å². The summed E-state index contributed by atoms with van der Waals surface area (Å²) in [6.45, 7) is 0.00997. The minimum atomic E-state index is -1.12. The van der Waals surface area contributed by atoms with Gasteiger partial charge in [-0.3, -0.25) is 23.7 Å². The number of amides is 1. The number of carboxylic acids is 2. The Kier molecular flexibility index (Phi) is 9.68. The van der Waals surface area contributed by atoms with Crippen LogP contribution >= 0.6 is 0 Å². The highest BCUT2D eigenvalue weighted by Gasteiger charge is 2.30. The van der Waals surface area contributed by atoms with Crippen LogP contribution < -0.4 is 18.9 Å². The molecular formula is C29H30F2N2O10. The van der Waals surface area contributed by atoms with Gasteiger partial charge in [0.05, 0.1) is 40.3 Å². The van der Waals surface area contributed by atoms with Crippen LogP contribution in [0.5, 0.6) is 23.0 Å². The van der Waals surface area contributed by atoms with Crippen molar-refractivity contribution in [1.82, 2.24) is 9.47 Å². The maximum atomic E-state index is 15.4. The lowest BCUT2D eigenvalue weighted by Gasteiger charge is -2.15. The first-order valence-electron chi connectivity index (χ1n) is 13.3. The number of carbonyl (C=O) groups is 4. The van der Waals surface area contributed by atoms with Crippen LogP contribution in [0.2, 0.25) is 0 Å². The molecule has 0 unspecified atom stereocenters. The molecule has 0 bridgehead atoms. The highest BCUT2D eigenvalue weighted by molar-refractivity contribution is 5.92. The molecular weight excluding hydrogens is 574 g/mol. The number of benzene rings is 2. The number of aromatic nitrogens is 1. The highest BCUT2D eigenvalue weighted by Crippen LogP contribution is 2.40. The van der Waals surface area contributed by atoms with E-state index in [0.717, 1.165) is 4.57 Å². The minimum Gasteiger partial charge on any atom is -0.493 e. The second kappa shape index (κ2) is 13.4. The first-order chi connectivity index (χ1) is 20.5. The van der Waals surface area contributed by atoms with Gasteiger partial charge in [0.25, 0.3) is 0 Å². The molecule has 1 aliphatic heterocycles. The van der Waals surface area contributed by atoms with Crippen LogP contribution in [0.15, 0.2) is 24.5 Å². The summed E-state index contributed by atoms with van der Waals surface area (Å²) in [6.07, 6.45) is 1.72. The largest absolute Gasteiger partial charge is 0.493 e. The number of methoxy groups -OCH3 is 2. The van der Waals surface area contributed by atoms with Crippen molar-refractivity contribution in [1.29, 1.82) is 0 Å². The standard InChI is InChI=1S/C29H30F2N2O10/c1-40-20-10-16-12-32(22(34)4-6-24(36)37)14-18(16)26(30)28(20)42-8-3-9-43-29-21(41-2)11-17-13-33(15-19(17)27(29)31)23(35)5-7-25(38)39/h10-12,14H,3-9,13,15H2,1-2H3,(H,36,37)(H,38,39). The van der Waals surface area contributed by atoms with E-state index in [1.165, 1.54) is 37.6 Å². The molecule has 0 saturated heterocycles. The van der Waals surface area contributed by atoms with Gasteiger partial charge in [-0.1, -0.05) is 0 Å². The smallest absolute Gasteiger partial charge is 0.303 e.